The van der Waals surface area contributed by atoms with Gasteiger partial charge in [-0.25, -0.2) is 4.39 Å². The van der Waals surface area contributed by atoms with Crippen LogP contribution in [0, 0.1) is 5.92 Å². The lowest BCUT2D eigenvalue weighted by atomic mass is 10.1. The van der Waals surface area contributed by atoms with Crippen molar-refractivity contribution in [1.29, 1.82) is 0 Å². The summed E-state index contributed by atoms with van der Waals surface area (Å²) in [5.74, 6) is 0.492. The highest BCUT2D eigenvalue weighted by Crippen LogP contribution is 2.49. The highest BCUT2D eigenvalue weighted by molar-refractivity contribution is 14.2. The normalized spacial score (nSPS) is 30.9. The van der Waals surface area contributed by atoms with E-state index in [0.29, 0.717) is 12.0 Å². The van der Waals surface area contributed by atoms with E-state index < -0.39 is 1.68 Å². The zero-order chi connectivity index (χ0) is 12.8. The van der Waals surface area contributed by atoms with Crippen molar-refractivity contribution in [3.63, 3.8) is 0 Å². The first-order valence-corrected chi connectivity index (χ1v) is 7.63. The summed E-state index contributed by atoms with van der Waals surface area (Å²) in [5, 5.41) is 0. The van der Waals surface area contributed by atoms with Crippen LogP contribution in [0.1, 0.15) is 13.8 Å². The van der Waals surface area contributed by atoms with E-state index in [1.807, 2.05) is 76.5 Å². The molecule has 92 valence electrons. The molecule has 0 saturated heterocycles. The minimum absolute atomic E-state index is 0.330. The van der Waals surface area contributed by atoms with Gasteiger partial charge in [-0.2, -0.15) is 0 Å². The molecule has 0 amide bonds. The molecule has 0 aromatic heterocycles. The number of allylic oxidation sites excluding steroid dienone is 4. The number of alkyl halides is 3. The van der Waals surface area contributed by atoms with E-state index in [4.69, 9.17) is 0 Å². The second kappa shape index (κ2) is 4.68. The molecule has 1 aliphatic heterocycles. The van der Waals surface area contributed by atoms with Crippen molar-refractivity contribution in [2.45, 2.75) is 21.6 Å². The van der Waals surface area contributed by atoms with Gasteiger partial charge in [-0.1, -0.05) is 25.7 Å². The fourth-order valence-corrected chi connectivity index (χ4v) is 3.10. The summed E-state index contributed by atoms with van der Waals surface area (Å²) in [5.41, 5.74) is 2.89. The van der Waals surface area contributed by atoms with Crippen molar-refractivity contribution in [3.8, 4) is 0 Å². The maximum Gasteiger partial charge on any atom is 0.237 e. The van der Waals surface area contributed by atoms with Crippen LogP contribution in [0.15, 0.2) is 47.9 Å². The van der Waals surface area contributed by atoms with E-state index in [1.54, 1.807) is 0 Å². The largest absolute Gasteiger partial charge is 0.340 e. The molecular weight excluding hydrogens is 443 g/mol. The Bertz CT molecular complexity index is 443. The highest BCUT2D eigenvalue weighted by atomic mass is 127. The lowest BCUT2D eigenvalue weighted by molar-refractivity contribution is 0.418. The van der Waals surface area contributed by atoms with E-state index in [9.17, 15) is 4.39 Å². The highest BCUT2D eigenvalue weighted by Gasteiger charge is 2.45. The quantitative estimate of drug-likeness (QED) is 0.330. The van der Waals surface area contributed by atoms with Gasteiger partial charge in [0.2, 0.25) is 1.68 Å². The van der Waals surface area contributed by atoms with Gasteiger partial charge in [0, 0.05) is 23.4 Å². The molecule has 0 N–H and O–H groups in total. The monoisotopic (exact) mass is 457 g/mol. The second-order valence-electron chi connectivity index (χ2n) is 4.31. The molecular formula is C13H14FI2N. The van der Waals surface area contributed by atoms with Gasteiger partial charge < -0.3 is 4.90 Å². The summed E-state index contributed by atoms with van der Waals surface area (Å²) in [4.78, 5) is 2.13. The maximum absolute atomic E-state index is 14.1. The third-order valence-corrected chi connectivity index (χ3v) is 4.43. The Hall–Kier alpha value is 0.150. The fraction of sp³-hybridized carbons (Fsp3) is 0.385. The van der Waals surface area contributed by atoms with Gasteiger partial charge >= 0.3 is 0 Å². The van der Waals surface area contributed by atoms with E-state index in [0.717, 1.165) is 11.3 Å². The Kier molecular flexibility index (Phi) is 3.74. The maximum atomic E-state index is 14.1. The fourth-order valence-electron chi connectivity index (χ4n) is 2.19. The molecule has 17 heavy (non-hydrogen) atoms. The molecule has 0 spiro atoms. The molecule has 0 aromatic carbocycles. The number of halogens is 3. The molecule has 1 heterocycles. The first-order chi connectivity index (χ1) is 7.88. The lowest BCUT2D eigenvalue weighted by Crippen LogP contribution is -2.27. The molecule has 2 aliphatic rings. The predicted molar refractivity (Wildman–Crippen MR) is 86.8 cm³/mol. The minimum atomic E-state index is -1.38. The van der Waals surface area contributed by atoms with Gasteiger partial charge in [-0.3, -0.25) is 0 Å². The molecule has 1 saturated carbocycles. The second-order valence-corrected chi connectivity index (χ2v) is 9.35. The predicted octanol–water partition coefficient (Wildman–Crippen LogP) is 4.71. The van der Waals surface area contributed by atoms with Crippen LogP contribution in [0.5, 0.6) is 0 Å². The van der Waals surface area contributed by atoms with Gasteiger partial charge in [-0.15, -0.1) is 0 Å². The Labute approximate surface area is 129 Å². The molecule has 4 heteroatoms. The summed E-state index contributed by atoms with van der Waals surface area (Å²) in [6.07, 6.45) is 7.74. The van der Waals surface area contributed by atoms with Gasteiger partial charge in [0.25, 0.3) is 0 Å². The van der Waals surface area contributed by atoms with Crippen LogP contribution in [0.25, 0.3) is 0 Å². The first kappa shape index (κ1) is 13.6. The summed E-state index contributed by atoms with van der Waals surface area (Å²) in [6, 6.07) is 0.330. The van der Waals surface area contributed by atoms with Crippen molar-refractivity contribution < 1.29 is 4.39 Å². The number of nitrogens with zero attached hydrogens (tertiary/aromatic N) is 1. The smallest absolute Gasteiger partial charge is 0.237 e. The zero-order valence-electron chi connectivity index (χ0n) is 9.75. The molecule has 2 atom stereocenters. The molecule has 1 nitrogen and oxygen atoms in total. The van der Waals surface area contributed by atoms with Gasteiger partial charge in [0.1, 0.15) is 0 Å². The molecule has 0 bridgehead atoms. The summed E-state index contributed by atoms with van der Waals surface area (Å²) in [6.45, 7) is 8.14. The summed E-state index contributed by atoms with van der Waals surface area (Å²) >= 11 is 3.65. The van der Waals surface area contributed by atoms with Gasteiger partial charge in [-0.05, 0) is 63.8 Å². The average molecular weight is 457 g/mol. The van der Waals surface area contributed by atoms with E-state index in [2.05, 4.69) is 18.4 Å². The number of hydrogen-bond acceptors (Lipinski definition) is 1. The molecule has 2 rings (SSSR count). The Morgan fingerprint density at radius 1 is 1.53 bits per heavy atom. The molecule has 1 aliphatic carbocycles. The van der Waals surface area contributed by atoms with Crippen molar-refractivity contribution in [2.75, 3.05) is 0 Å². The van der Waals surface area contributed by atoms with Gasteiger partial charge in [0.05, 0.1) is 6.04 Å². The third kappa shape index (κ3) is 2.47. The van der Waals surface area contributed by atoms with Crippen LogP contribution >= 0.6 is 45.2 Å². The van der Waals surface area contributed by atoms with E-state index in [1.165, 1.54) is 5.57 Å². The minimum Gasteiger partial charge on any atom is -0.340 e. The lowest BCUT2D eigenvalue weighted by Gasteiger charge is -2.31. The van der Waals surface area contributed by atoms with Crippen molar-refractivity contribution in [3.05, 3.63) is 47.9 Å². The van der Waals surface area contributed by atoms with Crippen molar-refractivity contribution >= 4 is 45.2 Å². The number of rotatable bonds is 2. The Morgan fingerprint density at radius 3 is 2.53 bits per heavy atom. The molecule has 2 unspecified atom stereocenters. The summed E-state index contributed by atoms with van der Waals surface area (Å²) in [7, 11) is 0. The van der Waals surface area contributed by atoms with Crippen LogP contribution in [-0.2, 0) is 0 Å². The van der Waals surface area contributed by atoms with Crippen LogP contribution in [0.4, 0.5) is 4.39 Å². The molecule has 0 radical (unpaired) electrons. The van der Waals surface area contributed by atoms with Crippen molar-refractivity contribution in [1.82, 2.24) is 4.90 Å². The SMILES string of the molecule is C=C1C(C)C1N1C=CC=C(C(F)(I)I)/C1=C/C. The van der Waals surface area contributed by atoms with E-state index >= 15 is 0 Å². The Morgan fingerprint density at radius 2 is 2.12 bits per heavy atom. The summed E-state index contributed by atoms with van der Waals surface area (Å²) < 4.78 is 12.8. The third-order valence-electron chi connectivity index (χ3n) is 3.27. The van der Waals surface area contributed by atoms with E-state index in [-0.39, 0.29) is 0 Å². The van der Waals surface area contributed by atoms with Gasteiger partial charge in [0.15, 0.2) is 0 Å². The average Bonchev–Trinajstić information content (AvgIpc) is 2.84. The topological polar surface area (TPSA) is 3.24 Å². The van der Waals surface area contributed by atoms with Crippen LogP contribution < -0.4 is 0 Å². The van der Waals surface area contributed by atoms with Crippen LogP contribution in [0.3, 0.4) is 0 Å². The molecule has 1 fully saturated rings. The zero-order valence-corrected chi connectivity index (χ0v) is 14.1. The number of hydrogen-bond donors (Lipinski definition) is 0. The molecule has 0 aromatic rings. The van der Waals surface area contributed by atoms with Crippen LogP contribution in [0.2, 0.25) is 0 Å². The van der Waals surface area contributed by atoms with Crippen molar-refractivity contribution in [2.24, 2.45) is 5.92 Å². The Balaban J connectivity index is 2.32. The van der Waals surface area contributed by atoms with Crippen LogP contribution in [-0.4, -0.2) is 12.6 Å². The first-order valence-electron chi connectivity index (χ1n) is 5.47. The standard InChI is InChI=1S/C13H14FI2N/c1-4-11-10(13(14,15)16)6-5-7-17(11)12-8(2)9(12)3/h4-7,9,12H,2H2,1,3H3/b11-4-.